The monoisotopic (exact) mass is 255 g/mol. The molecule has 0 saturated heterocycles. The van der Waals surface area contributed by atoms with E-state index in [4.69, 9.17) is 16.0 Å². The highest BCUT2D eigenvalue weighted by Crippen LogP contribution is 2.21. The largest absolute Gasteiger partial charge is 0.452 e. The van der Waals surface area contributed by atoms with Crippen molar-refractivity contribution in [1.29, 1.82) is 0 Å². The fraction of sp³-hybridized carbons (Fsp3) is 0. The number of rotatable bonds is 2. The molecule has 0 spiro atoms. The van der Waals surface area contributed by atoms with E-state index in [1.165, 1.54) is 0 Å². The quantitative estimate of drug-likeness (QED) is 0.645. The van der Waals surface area contributed by atoms with Crippen LogP contribution in [0.25, 0.3) is 11.0 Å². The maximum atomic E-state index is 12.2. The number of carbonyl (C=O) groups excluding carboxylic acids is 1. The number of furan rings is 1. The molecule has 2 nitrogen and oxygen atoms in total. The van der Waals surface area contributed by atoms with Crippen LogP contribution in [-0.4, -0.2) is 5.78 Å². The van der Waals surface area contributed by atoms with Crippen molar-refractivity contribution in [3.8, 4) is 0 Å². The van der Waals surface area contributed by atoms with Crippen LogP contribution in [0.4, 0.5) is 0 Å². The van der Waals surface area contributed by atoms with Crippen LogP contribution in [0.1, 0.15) is 16.1 Å². The summed E-state index contributed by atoms with van der Waals surface area (Å²) < 4.78 is 5.48. The zero-order valence-electron chi connectivity index (χ0n) is 9.31. The first kappa shape index (κ1) is 11.1. The lowest BCUT2D eigenvalue weighted by Gasteiger charge is -1.96. The highest BCUT2D eigenvalue weighted by molar-refractivity contribution is 6.30. The predicted octanol–water partition coefficient (Wildman–Crippen LogP) is 4.12. The molecule has 3 aromatic rings. The van der Waals surface area contributed by atoms with Crippen molar-refractivity contribution in [2.45, 2.75) is 0 Å². The van der Waals surface area contributed by atoms with E-state index in [1.54, 1.807) is 24.3 Å². The van der Waals surface area contributed by atoms with Gasteiger partial charge in [0.25, 0.3) is 0 Å². The number of para-hydroxylation sites is 1. The van der Waals surface area contributed by atoms with Gasteiger partial charge in [0.05, 0.1) is 0 Å². The van der Waals surface area contributed by atoms with Crippen LogP contribution in [0.15, 0.2) is 52.9 Å². The summed E-state index contributed by atoms with van der Waals surface area (Å²) in [4.78, 5) is 12.2. The molecule has 0 atom stereocenters. The van der Waals surface area contributed by atoms with Gasteiger partial charge in [-0.2, -0.15) is 0 Å². The fourth-order valence-corrected chi connectivity index (χ4v) is 1.88. The zero-order chi connectivity index (χ0) is 12.5. The third kappa shape index (κ3) is 1.91. The summed E-state index contributed by atoms with van der Waals surface area (Å²) in [5.74, 6) is 0.0291. The molecule has 0 aliphatic heterocycles. The topological polar surface area (TPSA) is 30.2 Å². The van der Waals surface area contributed by atoms with Crippen molar-refractivity contribution in [3.63, 3.8) is 0 Å². The normalized spacial score (nSPS) is 10.7. The molecule has 0 aliphatic carbocycles. The molecule has 1 heterocycles. The summed E-state index contributed by atoms with van der Waals surface area (Å²) in [6.07, 6.45) is 0. The molecule has 1 aromatic heterocycles. The number of halogens is 1. The molecule has 3 heteroatoms. The molecule has 1 radical (unpaired) electrons. The standard InChI is InChI=1S/C15H8ClO2/c16-12-7-5-10(6-8-12)15(17)14-9-11-3-1-2-4-13(11)18-14/h1-8H. The van der Waals surface area contributed by atoms with Gasteiger partial charge in [0.2, 0.25) is 5.78 Å². The van der Waals surface area contributed by atoms with Crippen LogP contribution in [-0.2, 0) is 0 Å². The Hall–Kier alpha value is -2.06. The van der Waals surface area contributed by atoms with Gasteiger partial charge in [-0.1, -0.05) is 29.8 Å². The Morgan fingerprint density at radius 3 is 2.50 bits per heavy atom. The first-order chi connectivity index (χ1) is 8.74. The second-order valence-corrected chi connectivity index (χ2v) is 4.32. The summed E-state index contributed by atoms with van der Waals surface area (Å²) in [6, 6.07) is 17.1. The van der Waals surface area contributed by atoms with Gasteiger partial charge in [0, 0.05) is 22.0 Å². The second-order valence-electron chi connectivity index (χ2n) is 3.89. The Labute approximate surface area is 109 Å². The third-order valence-electron chi connectivity index (χ3n) is 2.66. The Balaban J connectivity index is 2.03. The Morgan fingerprint density at radius 1 is 1.06 bits per heavy atom. The van der Waals surface area contributed by atoms with Gasteiger partial charge < -0.3 is 4.42 Å². The molecule has 0 bridgehead atoms. The van der Waals surface area contributed by atoms with Gasteiger partial charge in [-0.05, 0) is 30.3 Å². The number of hydrogen-bond donors (Lipinski definition) is 0. The maximum Gasteiger partial charge on any atom is 0.228 e. The molecule has 87 valence electrons. The molecular formula is C15H8ClO2. The van der Waals surface area contributed by atoms with Gasteiger partial charge in [-0.3, -0.25) is 4.79 Å². The molecule has 2 aromatic carbocycles. The van der Waals surface area contributed by atoms with Gasteiger partial charge >= 0.3 is 0 Å². The minimum absolute atomic E-state index is 0.192. The lowest BCUT2D eigenvalue weighted by atomic mass is 10.1. The molecule has 0 amide bonds. The highest BCUT2D eigenvalue weighted by atomic mass is 35.5. The minimum Gasteiger partial charge on any atom is -0.452 e. The smallest absolute Gasteiger partial charge is 0.228 e. The molecule has 0 N–H and O–H groups in total. The minimum atomic E-state index is -0.192. The van der Waals surface area contributed by atoms with Gasteiger partial charge in [0.15, 0.2) is 5.76 Å². The van der Waals surface area contributed by atoms with Gasteiger partial charge in [-0.25, -0.2) is 0 Å². The van der Waals surface area contributed by atoms with Crippen molar-refractivity contribution in [3.05, 3.63) is 70.9 Å². The van der Waals surface area contributed by atoms with Gasteiger partial charge in [0.1, 0.15) is 5.58 Å². The fourth-order valence-electron chi connectivity index (χ4n) is 1.75. The van der Waals surface area contributed by atoms with Crippen LogP contribution in [0.3, 0.4) is 0 Å². The second kappa shape index (κ2) is 4.31. The number of carbonyl (C=O) groups is 1. The van der Waals surface area contributed by atoms with E-state index in [-0.39, 0.29) is 11.5 Å². The highest BCUT2D eigenvalue weighted by Gasteiger charge is 2.14. The van der Waals surface area contributed by atoms with Crippen LogP contribution in [0.2, 0.25) is 5.02 Å². The van der Waals surface area contributed by atoms with Crippen LogP contribution in [0.5, 0.6) is 0 Å². The SMILES string of the molecule is O=C(c1ccc(Cl)cc1)c1[c]c2ccccc2o1. The maximum absolute atomic E-state index is 12.2. The van der Waals surface area contributed by atoms with E-state index < -0.39 is 0 Å². The molecule has 0 fully saturated rings. The molecule has 0 saturated carbocycles. The van der Waals surface area contributed by atoms with Crippen molar-refractivity contribution in [2.75, 3.05) is 0 Å². The summed E-state index contributed by atoms with van der Waals surface area (Å²) in [7, 11) is 0. The lowest BCUT2D eigenvalue weighted by molar-refractivity contribution is 0.101. The summed E-state index contributed by atoms with van der Waals surface area (Å²) in [6.45, 7) is 0. The molecule has 0 unspecified atom stereocenters. The van der Waals surface area contributed by atoms with Crippen molar-refractivity contribution < 1.29 is 9.21 Å². The van der Waals surface area contributed by atoms with E-state index in [2.05, 4.69) is 6.07 Å². The average Bonchev–Trinajstić information content (AvgIpc) is 2.82. The summed E-state index contributed by atoms with van der Waals surface area (Å²) in [5, 5.41) is 1.40. The lowest BCUT2D eigenvalue weighted by Crippen LogP contribution is -1.98. The van der Waals surface area contributed by atoms with Crippen LogP contribution in [0, 0.1) is 6.07 Å². The summed E-state index contributed by atoms with van der Waals surface area (Å²) >= 11 is 5.78. The van der Waals surface area contributed by atoms with Crippen molar-refractivity contribution in [1.82, 2.24) is 0 Å². The van der Waals surface area contributed by atoms with Gasteiger partial charge in [-0.15, -0.1) is 0 Å². The van der Waals surface area contributed by atoms with Crippen molar-refractivity contribution in [2.24, 2.45) is 0 Å². The van der Waals surface area contributed by atoms with Crippen molar-refractivity contribution >= 4 is 28.4 Å². The average molecular weight is 256 g/mol. The Bertz CT molecular complexity index is 678. The van der Waals surface area contributed by atoms with Crippen LogP contribution >= 0.6 is 11.6 Å². The predicted molar refractivity (Wildman–Crippen MR) is 69.9 cm³/mol. The Morgan fingerprint density at radius 2 is 1.78 bits per heavy atom. The molecule has 3 rings (SSSR count). The first-order valence-electron chi connectivity index (χ1n) is 5.45. The zero-order valence-corrected chi connectivity index (χ0v) is 10.1. The number of hydrogen-bond acceptors (Lipinski definition) is 2. The number of ketones is 1. The van der Waals surface area contributed by atoms with E-state index in [0.29, 0.717) is 16.2 Å². The first-order valence-corrected chi connectivity index (χ1v) is 5.83. The van der Waals surface area contributed by atoms with E-state index in [1.807, 2.05) is 24.3 Å². The third-order valence-corrected chi connectivity index (χ3v) is 2.91. The van der Waals surface area contributed by atoms with Crippen LogP contribution < -0.4 is 0 Å². The number of fused-ring (bicyclic) bond motifs is 1. The molecule has 0 aliphatic rings. The van der Waals surface area contributed by atoms with E-state index in [0.717, 1.165) is 5.39 Å². The molecular weight excluding hydrogens is 248 g/mol. The van der Waals surface area contributed by atoms with E-state index in [9.17, 15) is 4.79 Å². The Kier molecular flexibility index (Phi) is 2.65. The van der Waals surface area contributed by atoms with E-state index >= 15 is 0 Å². The number of benzene rings is 2. The summed E-state index contributed by atoms with van der Waals surface area (Å²) in [5.41, 5.74) is 1.20. The molecule has 18 heavy (non-hydrogen) atoms.